The molecule has 0 saturated heterocycles. The largest absolute Gasteiger partial charge is 0.481 e. The zero-order valence-electron chi connectivity index (χ0n) is 9.68. The molecule has 0 spiro atoms. The van der Waals surface area contributed by atoms with E-state index >= 15 is 0 Å². The topological polar surface area (TPSA) is 67.0 Å². The van der Waals surface area contributed by atoms with E-state index in [-0.39, 0.29) is 5.91 Å². The van der Waals surface area contributed by atoms with Crippen molar-refractivity contribution < 1.29 is 9.53 Å². The van der Waals surface area contributed by atoms with Crippen molar-refractivity contribution in [3.05, 3.63) is 41.7 Å². The van der Waals surface area contributed by atoms with E-state index in [4.69, 9.17) is 16.3 Å². The van der Waals surface area contributed by atoms with Crippen molar-refractivity contribution in [1.82, 2.24) is 9.97 Å². The lowest BCUT2D eigenvalue weighted by Gasteiger charge is -2.13. The minimum Gasteiger partial charge on any atom is -0.481 e. The van der Waals surface area contributed by atoms with Gasteiger partial charge in [-0.1, -0.05) is 17.7 Å². The third kappa shape index (κ3) is 3.24. The SMILES string of the molecule is CC(Oc1cccc(Cl)c1)C(=O)Nc1ncc[nH]1. The number of H-pyrrole nitrogens is 1. The molecule has 2 N–H and O–H groups in total. The Morgan fingerprint density at radius 1 is 1.56 bits per heavy atom. The van der Waals surface area contributed by atoms with Crippen LogP contribution in [0.1, 0.15) is 6.92 Å². The molecule has 2 aromatic rings. The van der Waals surface area contributed by atoms with Gasteiger partial charge in [-0.25, -0.2) is 4.98 Å². The molecule has 5 nitrogen and oxygen atoms in total. The summed E-state index contributed by atoms with van der Waals surface area (Å²) in [6, 6.07) is 6.89. The van der Waals surface area contributed by atoms with Crippen LogP contribution in [0, 0.1) is 0 Å². The summed E-state index contributed by atoms with van der Waals surface area (Å²) in [4.78, 5) is 18.4. The standard InChI is InChI=1S/C12H12ClN3O2/c1-8(11(17)16-12-14-5-6-15-12)18-10-4-2-3-9(13)7-10/h2-8H,1H3,(H2,14,15,16,17). The molecule has 1 atom stereocenters. The summed E-state index contributed by atoms with van der Waals surface area (Å²) < 4.78 is 5.47. The van der Waals surface area contributed by atoms with Crippen molar-refractivity contribution in [3.63, 3.8) is 0 Å². The third-order valence-electron chi connectivity index (χ3n) is 2.22. The molecular weight excluding hydrogens is 254 g/mol. The first-order chi connectivity index (χ1) is 8.65. The molecule has 2 rings (SSSR count). The molecule has 0 aliphatic heterocycles. The Balaban J connectivity index is 1.95. The Morgan fingerprint density at radius 2 is 2.39 bits per heavy atom. The first kappa shape index (κ1) is 12.4. The van der Waals surface area contributed by atoms with Crippen molar-refractivity contribution in [3.8, 4) is 5.75 Å². The van der Waals surface area contributed by atoms with Crippen molar-refractivity contribution in [1.29, 1.82) is 0 Å². The zero-order valence-corrected chi connectivity index (χ0v) is 10.4. The van der Waals surface area contributed by atoms with Crippen LogP contribution < -0.4 is 10.1 Å². The predicted octanol–water partition coefficient (Wildman–Crippen LogP) is 2.47. The number of carbonyl (C=O) groups excluding carboxylic acids is 1. The molecule has 0 fully saturated rings. The molecule has 1 unspecified atom stereocenters. The number of imidazole rings is 1. The summed E-state index contributed by atoms with van der Waals surface area (Å²) >= 11 is 5.83. The maximum Gasteiger partial charge on any atom is 0.267 e. The van der Waals surface area contributed by atoms with Crippen molar-refractivity contribution in [2.45, 2.75) is 13.0 Å². The van der Waals surface area contributed by atoms with Crippen molar-refractivity contribution in [2.24, 2.45) is 0 Å². The number of hydrogen-bond acceptors (Lipinski definition) is 3. The van der Waals surface area contributed by atoms with Gasteiger partial charge in [-0.05, 0) is 25.1 Å². The molecule has 1 aromatic carbocycles. The van der Waals surface area contributed by atoms with E-state index in [9.17, 15) is 4.79 Å². The number of anilines is 1. The van der Waals surface area contributed by atoms with E-state index in [1.54, 1.807) is 43.6 Å². The van der Waals surface area contributed by atoms with Crippen LogP contribution in [0.4, 0.5) is 5.95 Å². The first-order valence-electron chi connectivity index (χ1n) is 5.37. The second-order valence-corrected chi connectivity index (χ2v) is 4.08. The van der Waals surface area contributed by atoms with Gasteiger partial charge in [-0.2, -0.15) is 0 Å². The normalized spacial score (nSPS) is 11.9. The average molecular weight is 266 g/mol. The molecular formula is C12H12ClN3O2. The van der Waals surface area contributed by atoms with E-state index in [1.165, 1.54) is 0 Å². The molecule has 0 saturated carbocycles. The Hall–Kier alpha value is -2.01. The quantitative estimate of drug-likeness (QED) is 0.892. The van der Waals surface area contributed by atoms with Gasteiger partial charge in [0.2, 0.25) is 5.95 Å². The minimum atomic E-state index is -0.645. The lowest BCUT2D eigenvalue weighted by molar-refractivity contribution is -0.122. The van der Waals surface area contributed by atoms with Crippen LogP contribution in [0.15, 0.2) is 36.7 Å². The monoisotopic (exact) mass is 265 g/mol. The van der Waals surface area contributed by atoms with E-state index < -0.39 is 6.10 Å². The van der Waals surface area contributed by atoms with Crippen LogP contribution in [0.2, 0.25) is 5.02 Å². The number of hydrogen-bond donors (Lipinski definition) is 2. The predicted molar refractivity (Wildman–Crippen MR) is 68.8 cm³/mol. The summed E-state index contributed by atoms with van der Waals surface area (Å²) in [7, 11) is 0. The van der Waals surface area contributed by atoms with E-state index in [2.05, 4.69) is 15.3 Å². The van der Waals surface area contributed by atoms with E-state index in [0.29, 0.717) is 16.7 Å². The van der Waals surface area contributed by atoms with Gasteiger partial charge in [0, 0.05) is 17.4 Å². The lowest BCUT2D eigenvalue weighted by atomic mass is 10.3. The highest BCUT2D eigenvalue weighted by molar-refractivity contribution is 6.30. The molecule has 1 aromatic heterocycles. The molecule has 94 valence electrons. The van der Waals surface area contributed by atoms with Crippen LogP contribution in [-0.2, 0) is 4.79 Å². The van der Waals surface area contributed by atoms with Crippen molar-refractivity contribution >= 4 is 23.5 Å². The Labute approximate surface area is 109 Å². The van der Waals surface area contributed by atoms with Gasteiger partial charge < -0.3 is 9.72 Å². The number of aromatic nitrogens is 2. The number of ether oxygens (including phenoxy) is 1. The number of carbonyl (C=O) groups is 1. The van der Waals surface area contributed by atoms with Gasteiger partial charge in [0.05, 0.1) is 0 Å². The van der Waals surface area contributed by atoms with E-state index in [0.717, 1.165) is 0 Å². The summed E-state index contributed by atoms with van der Waals surface area (Å²) in [6.07, 6.45) is 2.53. The second-order valence-electron chi connectivity index (χ2n) is 3.64. The molecule has 0 bridgehead atoms. The van der Waals surface area contributed by atoms with Crippen LogP contribution >= 0.6 is 11.6 Å². The Morgan fingerprint density at radius 3 is 3.06 bits per heavy atom. The second kappa shape index (κ2) is 5.55. The lowest BCUT2D eigenvalue weighted by Crippen LogP contribution is -2.30. The molecule has 0 radical (unpaired) electrons. The molecule has 6 heteroatoms. The number of aromatic amines is 1. The third-order valence-corrected chi connectivity index (χ3v) is 2.45. The summed E-state index contributed by atoms with van der Waals surface area (Å²) in [5.41, 5.74) is 0. The average Bonchev–Trinajstić information content (AvgIpc) is 2.81. The zero-order chi connectivity index (χ0) is 13.0. The van der Waals surface area contributed by atoms with Crippen molar-refractivity contribution in [2.75, 3.05) is 5.32 Å². The van der Waals surface area contributed by atoms with Gasteiger partial charge in [-0.3, -0.25) is 10.1 Å². The molecule has 0 aliphatic carbocycles. The fourth-order valence-electron chi connectivity index (χ4n) is 1.35. The maximum atomic E-state index is 11.8. The first-order valence-corrected chi connectivity index (χ1v) is 5.75. The smallest absolute Gasteiger partial charge is 0.267 e. The van der Waals surface area contributed by atoms with Crippen LogP contribution in [0.5, 0.6) is 5.75 Å². The van der Waals surface area contributed by atoms with Gasteiger partial charge in [0.15, 0.2) is 6.10 Å². The molecule has 1 amide bonds. The van der Waals surface area contributed by atoms with Gasteiger partial charge >= 0.3 is 0 Å². The minimum absolute atomic E-state index is 0.287. The maximum absolute atomic E-state index is 11.8. The van der Waals surface area contributed by atoms with Gasteiger partial charge in [0.1, 0.15) is 5.75 Å². The molecule has 1 heterocycles. The Kier molecular flexibility index (Phi) is 3.84. The number of nitrogens with zero attached hydrogens (tertiary/aromatic N) is 1. The number of benzene rings is 1. The van der Waals surface area contributed by atoms with Gasteiger partial charge in [-0.15, -0.1) is 0 Å². The highest BCUT2D eigenvalue weighted by atomic mass is 35.5. The highest BCUT2D eigenvalue weighted by Crippen LogP contribution is 2.18. The highest BCUT2D eigenvalue weighted by Gasteiger charge is 2.15. The van der Waals surface area contributed by atoms with Crippen LogP contribution in [0.25, 0.3) is 0 Å². The fourth-order valence-corrected chi connectivity index (χ4v) is 1.53. The molecule has 18 heavy (non-hydrogen) atoms. The summed E-state index contributed by atoms with van der Waals surface area (Å²) in [5, 5.41) is 3.15. The van der Waals surface area contributed by atoms with E-state index in [1.807, 2.05) is 0 Å². The number of nitrogens with one attached hydrogen (secondary N) is 2. The van der Waals surface area contributed by atoms with Crippen LogP contribution in [-0.4, -0.2) is 22.0 Å². The number of rotatable bonds is 4. The summed E-state index contributed by atoms with van der Waals surface area (Å²) in [6.45, 7) is 1.65. The summed E-state index contributed by atoms with van der Waals surface area (Å²) in [5.74, 6) is 0.649. The van der Waals surface area contributed by atoms with Gasteiger partial charge in [0.25, 0.3) is 5.91 Å². The fraction of sp³-hybridized carbons (Fsp3) is 0.167. The number of amides is 1. The molecule has 0 aliphatic rings. The Bertz CT molecular complexity index is 528. The number of halogens is 1. The van der Waals surface area contributed by atoms with Crippen LogP contribution in [0.3, 0.4) is 0 Å².